The van der Waals surface area contributed by atoms with Crippen LogP contribution in [0.4, 0.5) is 0 Å². The second kappa shape index (κ2) is 7.83. The molecule has 0 aliphatic heterocycles. The van der Waals surface area contributed by atoms with Crippen molar-refractivity contribution >= 4 is 0 Å². The van der Waals surface area contributed by atoms with Gasteiger partial charge in [0.1, 0.15) is 0 Å². The summed E-state index contributed by atoms with van der Waals surface area (Å²) in [6, 6.07) is 21.5. The van der Waals surface area contributed by atoms with Gasteiger partial charge in [-0.25, -0.2) is 0 Å². The third-order valence-electron chi connectivity index (χ3n) is 3.73. The van der Waals surface area contributed by atoms with Gasteiger partial charge in [-0.3, -0.25) is 0 Å². The molecule has 0 bridgehead atoms. The van der Waals surface area contributed by atoms with Crippen LogP contribution in [-0.2, 0) is 6.54 Å². The molecule has 2 aromatic rings. The molecular formula is C18H24N2. The van der Waals surface area contributed by atoms with Gasteiger partial charge in [-0.2, -0.15) is 0 Å². The first kappa shape index (κ1) is 14.8. The van der Waals surface area contributed by atoms with Gasteiger partial charge in [-0.05, 0) is 23.5 Å². The minimum atomic E-state index is 0.352. The van der Waals surface area contributed by atoms with Gasteiger partial charge in [-0.1, -0.05) is 67.6 Å². The van der Waals surface area contributed by atoms with Crippen LogP contribution in [0.3, 0.4) is 0 Å². The zero-order valence-corrected chi connectivity index (χ0v) is 12.1. The minimum Gasteiger partial charge on any atom is -0.329 e. The highest BCUT2D eigenvalue weighted by Gasteiger charge is 2.12. The van der Waals surface area contributed by atoms with Gasteiger partial charge in [0.2, 0.25) is 0 Å². The van der Waals surface area contributed by atoms with Gasteiger partial charge >= 0.3 is 0 Å². The Morgan fingerprint density at radius 2 is 1.55 bits per heavy atom. The van der Waals surface area contributed by atoms with Gasteiger partial charge in [0, 0.05) is 19.1 Å². The molecule has 2 atom stereocenters. The molecule has 3 N–H and O–H groups in total. The molecule has 0 radical (unpaired) electrons. The third-order valence-corrected chi connectivity index (χ3v) is 3.73. The molecule has 0 fully saturated rings. The van der Waals surface area contributed by atoms with Crippen molar-refractivity contribution in [3.05, 3.63) is 71.8 Å². The number of benzene rings is 2. The Labute approximate surface area is 122 Å². The second-order valence-corrected chi connectivity index (χ2v) is 5.35. The predicted molar refractivity (Wildman–Crippen MR) is 85.6 cm³/mol. The van der Waals surface area contributed by atoms with Crippen LogP contribution in [-0.4, -0.2) is 12.6 Å². The number of hydrogen-bond donors (Lipinski definition) is 2. The largest absolute Gasteiger partial charge is 0.329 e. The topological polar surface area (TPSA) is 38.0 Å². The molecule has 106 valence electrons. The summed E-state index contributed by atoms with van der Waals surface area (Å²) in [5.41, 5.74) is 8.59. The summed E-state index contributed by atoms with van der Waals surface area (Å²) in [6.45, 7) is 3.82. The van der Waals surface area contributed by atoms with Crippen LogP contribution in [0.25, 0.3) is 0 Å². The first-order chi connectivity index (χ1) is 9.79. The van der Waals surface area contributed by atoms with Crippen LogP contribution in [0.5, 0.6) is 0 Å². The lowest BCUT2D eigenvalue weighted by Gasteiger charge is -2.21. The fraction of sp³-hybridized carbons (Fsp3) is 0.333. The Morgan fingerprint density at radius 3 is 2.15 bits per heavy atom. The van der Waals surface area contributed by atoms with Crippen molar-refractivity contribution in [3.63, 3.8) is 0 Å². The first-order valence-corrected chi connectivity index (χ1v) is 7.32. The van der Waals surface area contributed by atoms with E-state index < -0.39 is 0 Å². The lowest BCUT2D eigenvalue weighted by atomic mass is 9.94. The van der Waals surface area contributed by atoms with E-state index in [1.165, 1.54) is 11.1 Å². The summed E-state index contributed by atoms with van der Waals surface area (Å²) < 4.78 is 0. The third kappa shape index (κ3) is 4.48. The highest BCUT2D eigenvalue weighted by Crippen LogP contribution is 2.20. The number of rotatable bonds is 7. The standard InChI is InChI=1S/C18H24N2/c1-15(17-10-6-3-7-11-17)12-18(13-19)20-14-16-8-4-2-5-9-16/h2-11,15,18,20H,12-14,19H2,1H3. The van der Waals surface area contributed by atoms with Crippen LogP contribution < -0.4 is 11.1 Å². The second-order valence-electron chi connectivity index (χ2n) is 5.35. The Hall–Kier alpha value is -1.64. The van der Waals surface area contributed by atoms with Gasteiger partial charge < -0.3 is 11.1 Å². The monoisotopic (exact) mass is 268 g/mol. The minimum absolute atomic E-state index is 0.352. The van der Waals surface area contributed by atoms with Crippen molar-refractivity contribution < 1.29 is 0 Å². The fourth-order valence-corrected chi connectivity index (χ4v) is 2.47. The molecule has 0 saturated heterocycles. The SMILES string of the molecule is CC(CC(CN)NCc1ccccc1)c1ccccc1. The average molecular weight is 268 g/mol. The van der Waals surface area contributed by atoms with Crippen molar-refractivity contribution in [1.29, 1.82) is 0 Å². The molecule has 0 spiro atoms. The molecule has 2 unspecified atom stereocenters. The van der Waals surface area contributed by atoms with E-state index in [2.05, 4.69) is 66.8 Å². The van der Waals surface area contributed by atoms with E-state index >= 15 is 0 Å². The van der Waals surface area contributed by atoms with Crippen molar-refractivity contribution in [2.75, 3.05) is 6.54 Å². The predicted octanol–water partition coefficient (Wildman–Crippen LogP) is 3.30. The van der Waals surface area contributed by atoms with Gasteiger partial charge in [0.05, 0.1) is 0 Å². The summed E-state index contributed by atoms with van der Waals surface area (Å²) in [6.07, 6.45) is 1.06. The molecule has 0 aliphatic carbocycles. The van der Waals surface area contributed by atoms with Crippen LogP contribution >= 0.6 is 0 Å². The Morgan fingerprint density at radius 1 is 0.950 bits per heavy atom. The zero-order valence-electron chi connectivity index (χ0n) is 12.1. The lowest BCUT2D eigenvalue weighted by Crippen LogP contribution is -2.36. The summed E-state index contributed by atoms with van der Waals surface area (Å²) in [7, 11) is 0. The lowest BCUT2D eigenvalue weighted by molar-refractivity contribution is 0.455. The Bertz CT molecular complexity index is 481. The van der Waals surface area contributed by atoms with E-state index in [9.17, 15) is 0 Å². The maximum absolute atomic E-state index is 5.90. The van der Waals surface area contributed by atoms with Gasteiger partial charge in [0.15, 0.2) is 0 Å². The van der Waals surface area contributed by atoms with Crippen LogP contribution in [0.15, 0.2) is 60.7 Å². The molecule has 2 nitrogen and oxygen atoms in total. The van der Waals surface area contributed by atoms with Gasteiger partial charge in [-0.15, -0.1) is 0 Å². The Kier molecular flexibility index (Phi) is 5.78. The molecule has 0 heterocycles. The van der Waals surface area contributed by atoms with Crippen molar-refractivity contribution in [2.45, 2.75) is 31.8 Å². The molecule has 0 aliphatic rings. The maximum atomic E-state index is 5.90. The van der Waals surface area contributed by atoms with Crippen molar-refractivity contribution in [3.8, 4) is 0 Å². The van der Waals surface area contributed by atoms with Crippen LogP contribution in [0.2, 0.25) is 0 Å². The Balaban J connectivity index is 1.86. The van der Waals surface area contributed by atoms with E-state index in [0.29, 0.717) is 18.5 Å². The van der Waals surface area contributed by atoms with E-state index in [1.54, 1.807) is 0 Å². The molecule has 20 heavy (non-hydrogen) atoms. The molecule has 2 heteroatoms. The summed E-state index contributed by atoms with van der Waals surface area (Å²) >= 11 is 0. The summed E-state index contributed by atoms with van der Waals surface area (Å²) in [5, 5.41) is 3.56. The maximum Gasteiger partial charge on any atom is 0.0208 e. The van der Waals surface area contributed by atoms with Crippen LogP contribution in [0, 0.1) is 0 Å². The average Bonchev–Trinajstić information content (AvgIpc) is 2.53. The molecule has 0 saturated carbocycles. The number of nitrogens with two attached hydrogens (primary N) is 1. The quantitative estimate of drug-likeness (QED) is 0.808. The van der Waals surface area contributed by atoms with Crippen molar-refractivity contribution in [2.24, 2.45) is 5.73 Å². The van der Waals surface area contributed by atoms with Crippen LogP contribution in [0.1, 0.15) is 30.4 Å². The highest BCUT2D eigenvalue weighted by atomic mass is 14.9. The summed E-state index contributed by atoms with van der Waals surface area (Å²) in [5.74, 6) is 0.521. The number of hydrogen-bond acceptors (Lipinski definition) is 2. The normalized spacial score (nSPS) is 13.9. The fourth-order valence-electron chi connectivity index (χ4n) is 2.47. The zero-order chi connectivity index (χ0) is 14.2. The molecule has 0 amide bonds. The smallest absolute Gasteiger partial charge is 0.0208 e. The molecule has 0 aromatic heterocycles. The van der Waals surface area contributed by atoms with E-state index in [-0.39, 0.29) is 0 Å². The molecule has 2 rings (SSSR count). The highest BCUT2D eigenvalue weighted by molar-refractivity contribution is 5.19. The van der Waals surface area contributed by atoms with E-state index in [0.717, 1.165) is 13.0 Å². The summed E-state index contributed by atoms with van der Waals surface area (Å²) in [4.78, 5) is 0. The molecular weight excluding hydrogens is 244 g/mol. The van der Waals surface area contributed by atoms with Crippen molar-refractivity contribution in [1.82, 2.24) is 5.32 Å². The van der Waals surface area contributed by atoms with E-state index in [4.69, 9.17) is 5.73 Å². The van der Waals surface area contributed by atoms with E-state index in [1.807, 2.05) is 6.07 Å². The first-order valence-electron chi connectivity index (χ1n) is 7.32. The van der Waals surface area contributed by atoms with Gasteiger partial charge in [0.25, 0.3) is 0 Å². The number of nitrogens with one attached hydrogen (secondary N) is 1. The molecule has 2 aromatic carbocycles.